The van der Waals surface area contributed by atoms with Crippen LogP contribution in [0.15, 0.2) is 45.6 Å². The Morgan fingerprint density at radius 2 is 1.84 bits per heavy atom. The van der Waals surface area contributed by atoms with Crippen molar-refractivity contribution < 1.29 is 9.52 Å². The molecule has 0 radical (unpaired) electrons. The van der Waals surface area contributed by atoms with E-state index in [4.69, 9.17) is 4.42 Å². The summed E-state index contributed by atoms with van der Waals surface area (Å²) < 4.78 is 7.59. The molecular formula is C24H28N4O3. The summed E-state index contributed by atoms with van der Waals surface area (Å²) in [6, 6.07) is 11.9. The number of aryl methyl sites for hydroxylation is 2. The zero-order valence-corrected chi connectivity index (χ0v) is 17.6. The fourth-order valence-electron chi connectivity index (χ4n) is 4.93. The Bertz CT molecular complexity index is 1080. The van der Waals surface area contributed by atoms with Crippen molar-refractivity contribution in [1.82, 2.24) is 20.2 Å². The fraction of sp³-hybridized carbons (Fsp3) is 0.500. The molecule has 1 aromatic carbocycles. The van der Waals surface area contributed by atoms with Gasteiger partial charge in [0.1, 0.15) is 11.5 Å². The first-order chi connectivity index (χ1) is 15.2. The molecule has 5 rings (SSSR count). The van der Waals surface area contributed by atoms with Gasteiger partial charge in [-0.15, -0.1) is 5.10 Å². The van der Waals surface area contributed by atoms with E-state index >= 15 is 0 Å². The van der Waals surface area contributed by atoms with E-state index in [1.807, 2.05) is 35.0 Å². The standard InChI is InChI=1S/C24H28N4O3/c29-20-15-19(13-14-21-25-26-27-28(21)18-9-5-2-6-10-18)31-24(30)23(20)22(17-11-12-17)16-7-3-1-4-8-16/h1,3-4,7-8,15,17-18,22,29H,2,5-6,9-14H2. The van der Waals surface area contributed by atoms with Gasteiger partial charge in [-0.2, -0.15) is 0 Å². The molecule has 1 atom stereocenters. The molecule has 2 heterocycles. The van der Waals surface area contributed by atoms with Crippen molar-refractivity contribution in [3.63, 3.8) is 0 Å². The second-order valence-corrected chi connectivity index (χ2v) is 8.86. The normalized spacial score (nSPS) is 18.2. The Morgan fingerprint density at radius 3 is 2.55 bits per heavy atom. The quantitative estimate of drug-likeness (QED) is 0.617. The van der Waals surface area contributed by atoms with E-state index in [9.17, 15) is 9.90 Å². The third kappa shape index (κ3) is 4.27. The maximum absolute atomic E-state index is 12.9. The summed E-state index contributed by atoms with van der Waals surface area (Å²) in [5.74, 6) is 1.55. The van der Waals surface area contributed by atoms with Gasteiger partial charge in [-0.3, -0.25) is 0 Å². The second kappa shape index (κ2) is 8.65. The summed E-state index contributed by atoms with van der Waals surface area (Å²) in [6.07, 6.45) is 9.04. The van der Waals surface area contributed by atoms with Gasteiger partial charge in [-0.25, -0.2) is 9.48 Å². The fourth-order valence-corrected chi connectivity index (χ4v) is 4.93. The predicted molar refractivity (Wildman–Crippen MR) is 115 cm³/mol. The maximum atomic E-state index is 12.9. The first kappa shape index (κ1) is 20.0. The number of aromatic nitrogens is 4. The molecule has 2 aromatic heterocycles. The van der Waals surface area contributed by atoms with Crippen LogP contribution < -0.4 is 5.63 Å². The molecule has 0 bridgehead atoms. The van der Waals surface area contributed by atoms with Crippen molar-refractivity contribution in [2.45, 2.75) is 69.7 Å². The van der Waals surface area contributed by atoms with Crippen LogP contribution in [-0.2, 0) is 12.8 Å². The topological polar surface area (TPSA) is 94.0 Å². The molecule has 2 fully saturated rings. The maximum Gasteiger partial charge on any atom is 0.343 e. The lowest BCUT2D eigenvalue weighted by Crippen LogP contribution is -2.18. The minimum atomic E-state index is -0.442. The van der Waals surface area contributed by atoms with Crippen molar-refractivity contribution in [2.24, 2.45) is 5.92 Å². The highest BCUT2D eigenvalue weighted by Gasteiger charge is 2.37. The number of rotatable bonds is 7. The van der Waals surface area contributed by atoms with E-state index in [-0.39, 0.29) is 11.7 Å². The van der Waals surface area contributed by atoms with Crippen LogP contribution in [0.1, 0.15) is 79.6 Å². The molecule has 0 saturated heterocycles. The lowest BCUT2D eigenvalue weighted by atomic mass is 9.87. The molecule has 31 heavy (non-hydrogen) atoms. The molecule has 162 valence electrons. The number of nitrogens with zero attached hydrogens (tertiary/aromatic N) is 4. The average Bonchev–Trinajstić information content (AvgIpc) is 3.52. The van der Waals surface area contributed by atoms with Gasteiger partial charge in [0.2, 0.25) is 0 Å². The van der Waals surface area contributed by atoms with Crippen molar-refractivity contribution in [3.8, 4) is 5.75 Å². The van der Waals surface area contributed by atoms with Gasteiger partial charge in [0.05, 0.1) is 11.6 Å². The minimum absolute atomic E-state index is 0.0267. The molecule has 0 spiro atoms. The Balaban J connectivity index is 1.36. The van der Waals surface area contributed by atoms with E-state index in [2.05, 4.69) is 15.5 Å². The smallest absolute Gasteiger partial charge is 0.343 e. The molecule has 0 aliphatic heterocycles. The van der Waals surface area contributed by atoms with Gasteiger partial charge in [0.25, 0.3) is 0 Å². The lowest BCUT2D eigenvalue weighted by Gasteiger charge is -2.22. The van der Waals surface area contributed by atoms with E-state index in [0.717, 1.165) is 37.1 Å². The van der Waals surface area contributed by atoms with Gasteiger partial charge in [-0.1, -0.05) is 49.6 Å². The van der Waals surface area contributed by atoms with Gasteiger partial charge in [0.15, 0.2) is 5.82 Å². The van der Waals surface area contributed by atoms with Crippen LogP contribution >= 0.6 is 0 Å². The number of aromatic hydroxyl groups is 1. The molecule has 2 aliphatic carbocycles. The number of hydrogen-bond acceptors (Lipinski definition) is 6. The second-order valence-electron chi connectivity index (χ2n) is 8.86. The summed E-state index contributed by atoms with van der Waals surface area (Å²) in [7, 11) is 0. The van der Waals surface area contributed by atoms with Gasteiger partial charge in [0, 0.05) is 24.8 Å². The summed E-state index contributed by atoms with van der Waals surface area (Å²) >= 11 is 0. The Hall–Kier alpha value is -2.96. The first-order valence-corrected chi connectivity index (χ1v) is 11.4. The number of tetrazole rings is 1. The number of benzene rings is 1. The summed E-state index contributed by atoms with van der Waals surface area (Å²) in [6.45, 7) is 0. The van der Waals surface area contributed by atoms with Gasteiger partial charge < -0.3 is 9.52 Å². The Kier molecular flexibility index (Phi) is 5.57. The minimum Gasteiger partial charge on any atom is -0.507 e. The van der Waals surface area contributed by atoms with Crippen molar-refractivity contribution in [2.75, 3.05) is 0 Å². The Morgan fingerprint density at radius 1 is 1.06 bits per heavy atom. The molecular weight excluding hydrogens is 392 g/mol. The zero-order valence-electron chi connectivity index (χ0n) is 17.6. The van der Waals surface area contributed by atoms with Crippen LogP contribution in [0.4, 0.5) is 0 Å². The molecule has 7 heteroatoms. The Labute approximate surface area is 181 Å². The summed E-state index contributed by atoms with van der Waals surface area (Å²) in [4.78, 5) is 12.9. The lowest BCUT2D eigenvalue weighted by molar-refractivity contribution is 0.315. The van der Waals surface area contributed by atoms with Crippen LogP contribution in [0.5, 0.6) is 5.75 Å². The van der Waals surface area contributed by atoms with Gasteiger partial charge >= 0.3 is 5.63 Å². The van der Waals surface area contributed by atoms with Crippen LogP contribution in [0.3, 0.4) is 0 Å². The highest BCUT2D eigenvalue weighted by molar-refractivity contribution is 5.41. The average molecular weight is 421 g/mol. The van der Waals surface area contributed by atoms with Crippen molar-refractivity contribution >= 4 is 0 Å². The third-order valence-electron chi connectivity index (χ3n) is 6.66. The SMILES string of the molecule is O=c1oc(CCc2nnnn2C2CCCCC2)cc(O)c1C(c1ccccc1)C1CC1. The monoisotopic (exact) mass is 420 g/mol. The largest absolute Gasteiger partial charge is 0.507 e. The zero-order chi connectivity index (χ0) is 21.2. The predicted octanol–water partition coefficient (Wildman–Crippen LogP) is 4.16. The molecule has 3 aromatic rings. The highest BCUT2D eigenvalue weighted by Crippen LogP contribution is 2.47. The van der Waals surface area contributed by atoms with E-state index in [1.54, 1.807) is 6.07 Å². The van der Waals surface area contributed by atoms with E-state index < -0.39 is 5.63 Å². The molecule has 7 nitrogen and oxygen atoms in total. The van der Waals surface area contributed by atoms with Crippen LogP contribution in [0.2, 0.25) is 0 Å². The van der Waals surface area contributed by atoms with Crippen LogP contribution in [0.25, 0.3) is 0 Å². The van der Waals surface area contributed by atoms with E-state index in [1.165, 1.54) is 19.3 Å². The highest BCUT2D eigenvalue weighted by atomic mass is 16.4. The van der Waals surface area contributed by atoms with Crippen LogP contribution in [0, 0.1) is 5.92 Å². The third-order valence-corrected chi connectivity index (χ3v) is 6.66. The first-order valence-electron chi connectivity index (χ1n) is 11.4. The number of hydrogen-bond donors (Lipinski definition) is 1. The van der Waals surface area contributed by atoms with Crippen molar-refractivity contribution in [3.05, 3.63) is 69.5 Å². The van der Waals surface area contributed by atoms with Crippen molar-refractivity contribution in [1.29, 1.82) is 0 Å². The molecule has 1 N–H and O–H groups in total. The van der Waals surface area contributed by atoms with Gasteiger partial charge in [-0.05, 0) is 47.6 Å². The molecule has 1 unspecified atom stereocenters. The van der Waals surface area contributed by atoms with Crippen LogP contribution in [-0.4, -0.2) is 25.3 Å². The summed E-state index contributed by atoms with van der Waals surface area (Å²) in [5, 5.41) is 23.0. The summed E-state index contributed by atoms with van der Waals surface area (Å²) in [5.41, 5.74) is 0.985. The molecule has 2 saturated carbocycles. The van der Waals surface area contributed by atoms with E-state index in [0.29, 0.717) is 36.1 Å². The molecule has 2 aliphatic rings. The molecule has 0 amide bonds.